The normalized spacial score (nSPS) is 11.6. The highest BCUT2D eigenvalue weighted by Crippen LogP contribution is 2.31. The van der Waals surface area contributed by atoms with Crippen LogP contribution in [0.1, 0.15) is 41.8 Å². The van der Waals surface area contributed by atoms with E-state index in [2.05, 4.69) is 35.8 Å². The molecule has 0 unspecified atom stereocenters. The molecule has 162 valence electrons. The summed E-state index contributed by atoms with van der Waals surface area (Å²) in [6.07, 6.45) is 1.06. The third kappa shape index (κ3) is 5.07. The van der Waals surface area contributed by atoms with E-state index in [1.54, 1.807) is 26.8 Å². The highest BCUT2D eigenvalue weighted by molar-refractivity contribution is 5.95. The number of hydrogen-bond donors (Lipinski definition) is 3. The number of carbonyl (C=O) groups excluding carboxylic acids is 1. The van der Waals surface area contributed by atoms with Crippen molar-refractivity contribution in [1.29, 1.82) is 0 Å². The van der Waals surface area contributed by atoms with Crippen LogP contribution in [0.25, 0.3) is 0 Å². The van der Waals surface area contributed by atoms with Crippen LogP contribution in [0.2, 0.25) is 0 Å². The Morgan fingerprint density at radius 1 is 1.39 bits per heavy atom. The van der Waals surface area contributed by atoms with Crippen molar-refractivity contribution in [2.24, 2.45) is 0 Å². The number of esters is 1. The Morgan fingerprint density at radius 3 is 2.74 bits per heavy atom. The maximum Gasteiger partial charge on any atom is 0.364 e. The minimum atomic E-state index is -0.978. The molecular weight excluding hydrogens is 411 g/mol. The number of rotatable bonds is 8. The number of aromatic nitrogens is 5. The van der Waals surface area contributed by atoms with E-state index in [1.807, 2.05) is 0 Å². The van der Waals surface area contributed by atoms with E-state index < -0.39 is 34.1 Å². The van der Waals surface area contributed by atoms with Gasteiger partial charge in [0.15, 0.2) is 5.82 Å². The molecule has 0 aromatic carbocycles. The molecule has 0 radical (unpaired) electrons. The van der Waals surface area contributed by atoms with Gasteiger partial charge in [0.25, 0.3) is 0 Å². The van der Waals surface area contributed by atoms with Gasteiger partial charge in [0.1, 0.15) is 5.82 Å². The monoisotopic (exact) mass is 430 g/mol. The summed E-state index contributed by atoms with van der Waals surface area (Å²) in [6.45, 7) is 5.03. The molecule has 3 rings (SSSR count). The molecule has 0 aliphatic rings. The largest absolute Gasteiger partial charge is 0.461 e. The Morgan fingerprint density at radius 2 is 2.16 bits per heavy atom. The molecule has 12 nitrogen and oxygen atoms in total. The molecule has 0 aliphatic heterocycles. The number of pyridine rings is 1. The number of nitrogens with zero attached hydrogens (tertiary/aromatic N) is 5. The maximum absolute atomic E-state index is 13.1. The van der Waals surface area contributed by atoms with Crippen LogP contribution in [0.4, 0.5) is 27.7 Å². The van der Waals surface area contributed by atoms with Crippen LogP contribution >= 0.6 is 0 Å². The molecule has 0 saturated heterocycles. The molecule has 3 aromatic rings. The van der Waals surface area contributed by atoms with Crippen molar-refractivity contribution >= 4 is 29.2 Å². The van der Waals surface area contributed by atoms with E-state index >= 15 is 0 Å². The van der Waals surface area contributed by atoms with Crippen molar-refractivity contribution in [3.05, 3.63) is 57.4 Å². The Labute approximate surface area is 175 Å². The number of halogens is 1. The SMILES string of the molecule is CCOC(=O)c1nc(N[C@@H](C)c2ccc(F)cn2)nc(Nc2cc(C)[nH]n2)c1[N+](=O)[O-]. The molecule has 0 amide bonds. The van der Waals surface area contributed by atoms with Crippen LogP contribution in [0.15, 0.2) is 24.4 Å². The van der Waals surface area contributed by atoms with Gasteiger partial charge < -0.3 is 15.4 Å². The minimum Gasteiger partial charge on any atom is -0.461 e. The quantitative estimate of drug-likeness (QED) is 0.275. The molecule has 0 saturated carbocycles. The predicted molar refractivity (Wildman–Crippen MR) is 107 cm³/mol. The molecule has 0 aliphatic carbocycles. The van der Waals surface area contributed by atoms with Gasteiger partial charge in [0.2, 0.25) is 17.5 Å². The maximum atomic E-state index is 13.1. The lowest BCUT2D eigenvalue weighted by molar-refractivity contribution is -0.384. The molecular formula is C18H19FN8O4. The van der Waals surface area contributed by atoms with Gasteiger partial charge in [-0.2, -0.15) is 15.1 Å². The number of nitro groups is 1. The smallest absolute Gasteiger partial charge is 0.364 e. The molecule has 3 aromatic heterocycles. The second kappa shape index (κ2) is 9.11. The summed E-state index contributed by atoms with van der Waals surface area (Å²) in [4.78, 5) is 35.4. The molecule has 0 fully saturated rings. The summed E-state index contributed by atoms with van der Waals surface area (Å²) in [7, 11) is 0. The number of nitrogens with one attached hydrogen (secondary N) is 3. The highest BCUT2D eigenvalue weighted by atomic mass is 19.1. The minimum absolute atomic E-state index is 0.0000225. The fraction of sp³-hybridized carbons (Fsp3) is 0.278. The van der Waals surface area contributed by atoms with E-state index in [-0.39, 0.29) is 24.2 Å². The second-order valence-corrected chi connectivity index (χ2v) is 6.40. The molecule has 31 heavy (non-hydrogen) atoms. The Balaban J connectivity index is 2.04. The van der Waals surface area contributed by atoms with Gasteiger partial charge >= 0.3 is 11.7 Å². The Hall–Kier alpha value is -4.16. The van der Waals surface area contributed by atoms with Crippen LogP contribution in [0.5, 0.6) is 0 Å². The van der Waals surface area contributed by atoms with Crippen LogP contribution in [-0.2, 0) is 4.74 Å². The summed E-state index contributed by atoms with van der Waals surface area (Å²) in [6, 6.07) is 3.82. The number of H-pyrrole nitrogens is 1. The van der Waals surface area contributed by atoms with Crippen molar-refractivity contribution in [2.75, 3.05) is 17.2 Å². The number of carbonyl (C=O) groups is 1. The lowest BCUT2D eigenvalue weighted by Crippen LogP contribution is -2.17. The predicted octanol–water partition coefficient (Wildman–Crippen LogP) is 3.04. The van der Waals surface area contributed by atoms with Crippen LogP contribution < -0.4 is 10.6 Å². The lowest BCUT2D eigenvalue weighted by atomic mass is 10.2. The zero-order chi connectivity index (χ0) is 22.5. The first-order chi connectivity index (χ1) is 14.8. The van der Waals surface area contributed by atoms with E-state index in [9.17, 15) is 19.3 Å². The number of ether oxygens (including phenoxy) is 1. The van der Waals surface area contributed by atoms with Crippen molar-refractivity contribution in [3.63, 3.8) is 0 Å². The second-order valence-electron chi connectivity index (χ2n) is 6.40. The standard InChI is InChI=1S/C18H19FN8O4/c1-4-31-17(28)14-15(27(29)30)16(22-13-7-9(2)25-26-13)24-18(23-14)21-10(3)12-6-5-11(19)8-20-12/h5-8,10H,4H2,1-3H3,(H3,21,22,23,24,25,26)/t10-/m0/s1. The fourth-order valence-electron chi connectivity index (χ4n) is 2.64. The molecule has 13 heteroatoms. The van der Waals surface area contributed by atoms with Gasteiger partial charge in [-0.25, -0.2) is 9.18 Å². The number of hydrogen-bond acceptors (Lipinski definition) is 10. The first-order valence-corrected chi connectivity index (χ1v) is 9.19. The van der Waals surface area contributed by atoms with Crippen molar-refractivity contribution in [2.45, 2.75) is 26.8 Å². The fourth-order valence-corrected chi connectivity index (χ4v) is 2.64. The lowest BCUT2D eigenvalue weighted by Gasteiger charge is -2.15. The van der Waals surface area contributed by atoms with Gasteiger partial charge in [-0.15, -0.1) is 0 Å². The van der Waals surface area contributed by atoms with E-state index in [4.69, 9.17) is 4.74 Å². The summed E-state index contributed by atoms with van der Waals surface area (Å²) in [5, 5.41) is 24.0. The topological polar surface area (TPSA) is 161 Å². The average molecular weight is 430 g/mol. The molecule has 3 heterocycles. The summed E-state index contributed by atoms with van der Waals surface area (Å²) in [5.74, 6) is -1.56. The van der Waals surface area contributed by atoms with Crippen molar-refractivity contribution in [3.8, 4) is 0 Å². The van der Waals surface area contributed by atoms with Crippen LogP contribution in [0, 0.1) is 22.9 Å². The van der Waals surface area contributed by atoms with Crippen LogP contribution in [0.3, 0.4) is 0 Å². The molecule has 3 N–H and O–H groups in total. The Bertz CT molecular complexity index is 1100. The third-order valence-electron chi connectivity index (χ3n) is 4.03. The first-order valence-electron chi connectivity index (χ1n) is 9.19. The first kappa shape index (κ1) is 21.5. The van der Waals surface area contributed by atoms with E-state index in [0.29, 0.717) is 11.4 Å². The van der Waals surface area contributed by atoms with E-state index in [0.717, 1.165) is 6.20 Å². The average Bonchev–Trinajstić information content (AvgIpc) is 3.12. The molecule has 0 bridgehead atoms. The van der Waals surface area contributed by atoms with Crippen molar-refractivity contribution < 1.29 is 18.8 Å². The zero-order valence-electron chi connectivity index (χ0n) is 16.8. The van der Waals surface area contributed by atoms with Gasteiger partial charge in [0.05, 0.1) is 29.5 Å². The number of anilines is 3. The number of aromatic amines is 1. The molecule has 0 spiro atoms. The van der Waals surface area contributed by atoms with Crippen molar-refractivity contribution in [1.82, 2.24) is 25.1 Å². The van der Waals surface area contributed by atoms with Gasteiger partial charge in [0, 0.05) is 11.8 Å². The Kier molecular flexibility index (Phi) is 6.33. The zero-order valence-corrected chi connectivity index (χ0v) is 16.8. The summed E-state index contributed by atoms with van der Waals surface area (Å²) >= 11 is 0. The van der Waals surface area contributed by atoms with Gasteiger partial charge in [-0.1, -0.05) is 0 Å². The molecule has 1 atom stereocenters. The van der Waals surface area contributed by atoms with Crippen LogP contribution in [-0.4, -0.2) is 42.6 Å². The third-order valence-corrected chi connectivity index (χ3v) is 4.03. The highest BCUT2D eigenvalue weighted by Gasteiger charge is 2.31. The van der Waals surface area contributed by atoms with Gasteiger partial charge in [-0.05, 0) is 32.9 Å². The van der Waals surface area contributed by atoms with E-state index in [1.165, 1.54) is 12.1 Å². The van der Waals surface area contributed by atoms with Gasteiger partial charge in [-0.3, -0.25) is 20.2 Å². The number of aryl methyl sites for hydroxylation is 1. The summed E-state index contributed by atoms with van der Waals surface area (Å²) in [5.41, 5.74) is -0.00626. The summed E-state index contributed by atoms with van der Waals surface area (Å²) < 4.78 is 18.1.